The number of fused-ring (bicyclic) bond motifs is 1. The van der Waals surface area contributed by atoms with Crippen molar-refractivity contribution in [2.75, 3.05) is 18.4 Å². The highest BCUT2D eigenvalue weighted by Crippen LogP contribution is 2.26. The molecule has 10 heteroatoms. The number of sulfonamides is 1. The van der Waals surface area contributed by atoms with Gasteiger partial charge in [0.15, 0.2) is 0 Å². The molecule has 1 aromatic heterocycles. The van der Waals surface area contributed by atoms with Crippen LogP contribution in [0.2, 0.25) is 5.02 Å². The minimum Gasteiger partial charge on any atom is -0.324 e. The van der Waals surface area contributed by atoms with Crippen LogP contribution in [0.1, 0.15) is 12.8 Å². The Labute approximate surface area is 176 Å². The molecule has 3 aromatic rings. The van der Waals surface area contributed by atoms with Crippen molar-refractivity contribution in [1.29, 1.82) is 0 Å². The van der Waals surface area contributed by atoms with Crippen molar-refractivity contribution in [3.63, 3.8) is 0 Å². The van der Waals surface area contributed by atoms with E-state index in [2.05, 4.69) is 5.32 Å². The molecule has 2 aromatic carbocycles. The van der Waals surface area contributed by atoms with E-state index in [1.807, 2.05) is 0 Å². The van der Waals surface area contributed by atoms with Gasteiger partial charge in [-0.15, -0.1) is 0 Å². The molecule has 0 spiro atoms. The van der Waals surface area contributed by atoms with Gasteiger partial charge >= 0.3 is 4.87 Å². The van der Waals surface area contributed by atoms with Crippen molar-refractivity contribution in [2.24, 2.45) is 0 Å². The quantitative estimate of drug-likeness (QED) is 0.645. The Morgan fingerprint density at radius 2 is 1.90 bits per heavy atom. The van der Waals surface area contributed by atoms with Gasteiger partial charge in [-0.05, 0) is 49.2 Å². The van der Waals surface area contributed by atoms with Gasteiger partial charge in [-0.2, -0.15) is 4.31 Å². The van der Waals surface area contributed by atoms with Gasteiger partial charge in [0.25, 0.3) is 0 Å². The summed E-state index contributed by atoms with van der Waals surface area (Å²) < 4.78 is 28.8. The summed E-state index contributed by atoms with van der Waals surface area (Å²) in [5.41, 5.74) is 1.07. The number of thiazole rings is 1. The number of amides is 1. The lowest BCUT2D eigenvalue weighted by Gasteiger charge is -2.15. The lowest BCUT2D eigenvalue weighted by atomic mass is 10.3. The molecule has 29 heavy (non-hydrogen) atoms. The summed E-state index contributed by atoms with van der Waals surface area (Å²) in [5.74, 6) is -0.372. The smallest absolute Gasteiger partial charge is 0.308 e. The molecular formula is C19H18ClN3O4S2. The second kappa shape index (κ2) is 7.91. The summed E-state index contributed by atoms with van der Waals surface area (Å²) in [4.78, 5) is 24.6. The Hall–Kier alpha value is -2.20. The highest BCUT2D eigenvalue weighted by atomic mass is 35.5. The Balaban J connectivity index is 1.60. The Morgan fingerprint density at radius 1 is 1.14 bits per heavy atom. The standard InChI is InChI=1S/C19H18ClN3O4S2/c20-13-4-3-5-14(10-13)21-18(24)12-23-16-7-6-15(11-17(16)28-19(23)25)29(26,27)22-8-1-2-9-22/h3-7,10-11H,1-2,8-9,12H2,(H,21,24). The number of carbonyl (C=O) groups is 1. The molecule has 1 fully saturated rings. The number of rotatable bonds is 5. The molecule has 152 valence electrons. The van der Waals surface area contributed by atoms with Crippen LogP contribution in [0.4, 0.5) is 5.69 Å². The first-order valence-corrected chi connectivity index (χ1v) is 11.7. The number of halogens is 1. The first-order chi connectivity index (χ1) is 13.8. The summed E-state index contributed by atoms with van der Waals surface area (Å²) in [7, 11) is -3.56. The maximum atomic E-state index is 12.7. The number of nitrogens with zero attached hydrogens (tertiary/aromatic N) is 2. The average Bonchev–Trinajstić information content (AvgIpc) is 3.30. The third-order valence-corrected chi connectivity index (χ3v) is 7.82. The summed E-state index contributed by atoms with van der Waals surface area (Å²) in [5, 5.41) is 3.20. The van der Waals surface area contributed by atoms with E-state index >= 15 is 0 Å². The van der Waals surface area contributed by atoms with E-state index in [1.54, 1.807) is 30.3 Å². The fourth-order valence-electron chi connectivity index (χ4n) is 3.34. The third kappa shape index (κ3) is 4.09. The molecule has 7 nitrogen and oxygen atoms in total. The molecule has 1 amide bonds. The monoisotopic (exact) mass is 451 g/mol. The minimum absolute atomic E-state index is 0.170. The summed E-state index contributed by atoms with van der Waals surface area (Å²) in [6.07, 6.45) is 1.71. The molecular weight excluding hydrogens is 434 g/mol. The van der Waals surface area contributed by atoms with Crippen LogP contribution in [0.25, 0.3) is 10.2 Å². The summed E-state index contributed by atoms with van der Waals surface area (Å²) in [6, 6.07) is 11.3. The molecule has 0 aliphatic carbocycles. The van der Waals surface area contributed by atoms with Gasteiger partial charge in [-0.25, -0.2) is 8.42 Å². The number of hydrogen-bond acceptors (Lipinski definition) is 5. The molecule has 0 bridgehead atoms. The fraction of sp³-hybridized carbons (Fsp3) is 0.263. The molecule has 0 atom stereocenters. The molecule has 1 N–H and O–H groups in total. The van der Waals surface area contributed by atoms with Gasteiger partial charge in [0.05, 0.1) is 15.1 Å². The van der Waals surface area contributed by atoms with Crippen LogP contribution in [0, 0.1) is 0 Å². The lowest BCUT2D eigenvalue weighted by Crippen LogP contribution is -2.27. The highest BCUT2D eigenvalue weighted by Gasteiger charge is 2.27. The van der Waals surface area contributed by atoms with Crippen LogP contribution < -0.4 is 10.2 Å². The predicted octanol–water partition coefficient (Wildman–Crippen LogP) is 3.14. The summed E-state index contributed by atoms with van der Waals surface area (Å²) in [6.45, 7) is 0.853. The number of nitrogens with one attached hydrogen (secondary N) is 1. The number of benzene rings is 2. The van der Waals surface area contributed by atoms with Crippen molar-refractivity contribution in [2.45, 2.75) is 24.3 Å². The van der Waals surface area contributed by atoms with Crippen molar-refractivity contribution in [3.05, 3.63) is 57.2 Å². The van der Waals surface area contributed by atoms with Gasteiger partial charge in [-0.3, -0.25) is 14.2 Å². The van der Waals surface area contributed by atoms with Crippen LogP contribution >= 0.6 is 22.9 Å². The zero-order valence-corrected chi connectivity index (χ0v) is 17.7. The Morgan fingerprint density at radius 3 is 2.62 bits per heavy atom. The maximum absolute atomic E-state index is 12.7. The molecule has 1 saturated heterocycles. The first kappa shape index (κ1) is 20.1. The van der Waals surface area contributed by atoms with Gasteiger partial charge in [0, 0.05) is 23.8 Å². The van der Waals surface area contributed by atoms with Gasteiger partial charge in [-0.1, -0.05) is 29.0 Å². The Kier molecular flexibility index (Phi) is 5.48. The topological polar surface area (TPSA) is 88.5 Å². The van der Waals surface area contributed by atoms with Crippen molar-refractivity contribution < 1.29 is 13.2 Å². The number of aromatic nitrogens is 1. The molecule has 4 rings (SSSR count). The minimum atomic E-state index is -3.56. The van der Waals surface area contributed by atoms with Gasteiger partial charge < -0.3 is 5.32 Å². The molecule has 0 unspecified atom stereocenters. The zero-order chi connectivity index (χ0) is 20.6. The third-order valence-electron chi connectivity index (χ3n) is 4.75. The van der Waals surface area contributed by atoms with Gasteiger partial charge in [0.1, 0.15) is 6.54 Å². The highest BCUT2D eigenvalue weighted by molar-refractivity contribution is 7.89. The molecule has 2 heterocycles. The van der Waals surface area contributed by atoms with E-state index in [0.717, 1.165) is 24.2 Å². The second-order valence-corrected chi connectivity index (χ2v) is 10.1. The first-order valence-electron chi connectivity index (χ1n) is 9.03. The maximum Gasteiger partial charge on any atom is 0.308 e. The molecule has 0 saturated carbocycles. The van der Waals surface area contributed by atoms with E-state index in [0.29, 0.717) is 34.0 Å². The number of carbonyl (C=O) groups excluding carboxylic acids is 1. The summed E-state index contributed by atoms with van der Waals surface area (Å²) >= 11 is 6.84. The SMILES string of the molecule is O=C(Cn1c(=O)sc2cc(S(=O)(=O)N3CCCC3)ccc21)Nc1cccc(Cl)c1. The van der Waals surface area contributed by atoms with E-state index in [4.69, 9.17) is 11.6 Å². The molecule has 0 radical (unpaired) electrons. The van der Waals surface area contributed by atoms with Gasteiger partial charge in [0.2, 0.25) is 15.9 Å². The van der Waals surface area contributed by atoms with Crippen molar-refractivity contribution in [1.82, 2.24) is 8.87 Å². The largest absolute Gasteiger partial charge is 0.324 e. The van der Waals surface area contributed by atoms with Crippen LogP contribution in [0.15, 0.2) is 52.2 Å². The van der Waals surface area contributed by atoms with Crippen molar-refractivity contribution >= 4 is 54.8 Å². The normalized spacial score (nSPS) is 15.1. The van der Waals surface area contributed by atoms with E-state index < -0.39 is 10.0 Å². The van der Waals surface area contributed by atoms with Crippen LogP contribution in [0.5, 0.6) is 0 Å². The van der Waals surface area contributed by atoms with Crippen molar-refractivity contribution in [3.8, 4) is 0 Å². The number of anilines is 1. The Bertz CT molecular complexity index is 1240. The zero-order valence-electron chi connectivity index (χ0n) is 15.3. The molecule has 1 aliphatic heterocycles. The second-order valence-electron chi connectivity index (χ2n) is 6.75. The number of hydrogen-bond donors (Lipinski definition) is 1. The fourth-order valence-corrected chi connectivity index (χ4v) is 6.08. The van der Waals surface area contributed by atoms with Crippen LogP contribution in [-0.4, -0.2) is 36.3 Å². The van der Waals surface area contributed by atoms with E-state index in [1.165, 1.54) is 21.0 Å². The lowest BCUT2D eigenvalue weighted by molar-refractivity contribution is -0.116. The average molecular weight is 452 g/mol. The van der Waals surface area contributed by atoms with Crippen LogP contribution in [0.3, 0.4) is 0 Å². The van der Waals surface area contributed by atoms with E-state index in [9.17, 15) is 18.0 Å². The molecule has 1 aliphatic rings. The van der Waals surface area contributed by atoms with Crippen LogP contribution in [-0.2, 0) is 21.4 Å². The van der Waals surface area contributed by atoms with E-state index in [-0.39, 0.29) is 22.2 Å². The predicted molar refractivity (Wildman–Crippen MR) is 114 cm³/mol.